The predicted octanol–water partition coefficient (Wildman–Crippen LogP) is 2.83. The number of fused-ring (bicyclic) bond motifs is 1. The van der Waals surface area contributed by atoms with Crippen LogP contribution in [0.3, 0.4) is 0 Å². The molecule has 18 heavy (non-hydrogen) atoms. The van der Waals surface area contributed by atoms with Crippen molar-refractivity contribution in [2.45, 2.75) is 31.2 Å². The van der Waals surface area contributed by atoms with Gasteiger partial charge in [-0.15, -0.1) is 0 Å². The van der Waals surface area contributed by atoms with Crippen LogP contribution in [0.25, 0.3) is 11.0 Å². The van der Waals surface area contributed by atoms with Crippen molar-refractivity contribution in [2.75, 3.05) is 13.2 Å². The zero-order chi connectivity index (χ0) is 12.6. The first-order chi connectivity index (χ1) is 8.71. The number of hydrogen-bond acceptors (Lipinski definition) is 3. The Bertz CT molecular complexity index is 540. The molecule has 1 aromatic carbocycles. The Morgan fingerprint density at radius 3 is 2.78 bits per heavy atom. The van der Waals surface area contributed by atoms with Crippen molar-refractivity contribution in [1.82, 2.24) is 0 Å². The molecule has 1 aliphatic heterocycles. The van der Waals surface area contributed by atoms with Gasteiger partial charge in [-0.05, 0) is 25.8 Å². The standard InChI is InChI=1S/C15H19NO2/c1-11(16)6-7-15(9-17-10-15)13-8-18-14-5-3-2-4-12(13)14/h2-5,8,11H,6-7,9-10,16H2,1H3. The van der Waals surface area contributed by atoms with Crippen LogP contribution in [0.2, 0.25) is 0 Å². The molecule has 2 N–H and O–H groups in total. The maximum Gasteiger partial charge on any atom is 0.134 e. The van der Waals surface area contributed by atoms with Crippen molar-refractivity contribution in [3.63, 3.8) is 0 Å². The predicted molar refractivity (Wildman–Crippen MR) is 71.6 cm³/mol. The number of para-hydroxylation sites is 1. The normalized spacial score (nSPS) is 19.7. The topological polar surface area (TPSA) is 48.4 Å². The SMILES string of the molecule is CC(N)CCC1(c2coc3ccccc23)COC1. The highest BCUT2D eigenvalue weighted by molar-refractivity contribution is 5.82. The average Bonchev–Trinajstić information content (AvgIpc) is 2.72. The Kier molecular flexibility index (Phi) is 2.88. The summed E-state index contributed by atoms with van der Waals surface area (Å²) in [6, 6.07) is 8.43. The lowest BCUT2D eigenvalue weighted by Crippen LogP contribution is -2.47. The smallest absolute Gasteiger partial charge is 0.134 e. The molecule has 3 rings (SSSR count). The zero-order valence-electron chi connectivity index (χ0n) is 10.7. The number of hydrogen-bond donors (Lipinski definition) is 1. The van der Waals surface area contributed by atoms with Crippen LogP contribution in [0.15, 0.2) is 34.9 Å². The van der Waals surface area contributed by atoms with Crippen molar-refractivity contribution in [3.05, 3.63) is 36.1 Å². The summed E-state index contributed by atoms with van der Waals surface area (Å²) in [5, 5.41) is 1.21. The molecule has 1 fully saturated rings. The second-order valence-corrected chi connectivity index (χ2v) is 5.43. The highest BCUT2D eigenvalue weighted by Gasteiger charge is 2.42. The molecule has 96 valence electrons. The van der Waals surface area contributed by atoms with E-state index in [0.29, 0.717) is 0 Å². The first kappa shape index (κ1) is 11.8. The van der Waals surface area contributed by atoms with Crippen LogP contribution in [-0.4, -0.2) is 19.3 Å². The van der Waals surface area contributed by atoms with E-state index in [1.54, 1.807) is 0 Å². The van der Waals surface area contributed by atoms with Crippen molar-refractivity contribution >= 4 is 11.0 Å². The van der Waals surface area contributed by atoms with E-state index in [9.17, 15) is 0 Å². The number of furan rings is 1. The van der Waals surface area contributed by atoms with Gasteiger partial charge < -0.3 is 14.9 Å². The second-order valence-electron chi connectivity index (χ2n) is 5.43. The minimum atomic E-state index is 0.111. The van der Waals surface area contributed by atoms with Gasteiger partial charge in [0.2, 0.25) is 0 Å². The lowest BCUT2D eigenvalue weighted by molar-refractivity contribution is -0.0652. The number of rotatable bonds is 4. The van der Waals surface area contributed by atoms with E-state index >= 15 is 0 Å². The van der Waals surface area contributed by atoms with Gasteiger partial charge in [0.25, 0.3) is 0 Å². The molecule has 3 nitrogen and oxygen atoms in total. The van der Waals surface area contributed by atoms with Crippen molar-refractivity contribution in [3.8, 4) is 0 Å². The van der Waals surface area contributed by atoms with Gasteiger partial charge in [-0.3, -0.25) is 0 Å². The third kappa shape index (κ3) is 1.84. The molecule has 2 aromatic rings. The molecular formula is C15H19NO2. The monoisotopic (exact) mass is 245 g/mol. The van der Waals surface area contributed by atoms with Gasteiger partial charge in [0.1, 0.15) is 5.58 Å². The molecule has 1 aromatic heterocycles. The molecule has 0 radical (unpaired) electrons. The van der Waals surface area contributed by atoms with Crippen molar-refractivity contribution in [1.29, 1.82) is 0 Å². The quantitative estimate of drug-likeness (QED) is 0.901. The van der Waals surface area contributed by atoms with Crippen LogP contribution in [0.4, 0.5) is 0 Å². The average molecular weight is 245 g/mol. The van der Waals surface area contributed by atoms with Crippen LogP contribution in [-0.2, 0) is 10.2 Å². The van der Waals surface area contributed by atoms with Gasteiger partial charge in [-0.1, -0.05) is 18.2 Å². The summed E-state index contributed by atoms with van der Waals surface area (Å²) < 4.78 is 11.1. The highest BCUT2D eigenvalue weighted by Crippen LogP contribution is 2.41. The van der Waals surface area contributed by atoms with Gasteiger partial charge >= 0.3 is 0 Å². The van der Waals surface area contributed by atoms with E-state index in [4.69, 9.17) is 14.9 Å². The summed E-state index contributed by atoms with van der Waals surface area (Å²) in [4.78, 5) is 0. The van der Waals surface area contributed by atoms with E-state index in [1.807, 2.05) is 18.4 Å². The van der Waals surface area contributed by atoms with Crippen LogP contribution in [0.5, 0.6) is 0 Å². The Morgan fingerprint density at radius 1 is 1.33 bits per heavy atom. The molecular weight excluding hydrogens is 226 g/mol. The first-order valence-electron chi connectivity index (χ1n) is 6.51. The van der Waals surface area contributed by atoms with E-state index in [-0.39, 0.29) is 11.5 Å². The molecule has 1 unspecified atom stereocenters. The largest absolute Gasteiger partial charge is 0.464 e. The molecule has 0 saturated carbocycles. The van der Waals surface area contributed by atoms with E-state index in [0.717, 1.165) is 31.6 Å². The third-order valence-corrected chi connectivity index (χ3v) is 3.89. The Balaban J connectivity index is 1.96. The molecule has 0 spiro atoms. The minimum Gasteiger partial charge on any atom is -0.464 e. The third-order valence-electron chi connectivity index (χ3n) is 3.89. The van der Waals surface area contributed by atoms with Gasteiger partial charge in [0, 0.05) is 22.4 Å². The molecule has 1 aliphatic rings. The number of benzene rings is 1. The van der Waals surface area contributed by atoms with Crippen molar-refractivity contribution in [2.24, 2.45) is 5.73 Å². The number of nitrogens with two attached hydrogens (primary N) is 1. The van der Waals surface area contributed by atoms with Crippen LogP contribution in [0, 0.1) is 0 Å². The second kappa shape index (κ2) is 4.41. The Hall–Kier alpha value is -1.32. The lowest BCUT2D eigenvalue weighted by atomic mass is 9.74. The van der Waals surface area contributed by atoms with Gasteiger partial charge in [-0.2, -0.15) is 0 Å². The summed E-state index contributed by atoms with van der Waals surface area (Å²) in [5.74, 6) is 0. The van der Waals surface area contributed by atoms with Crippen LogP contribution in [0.1, 0.15) is 25.3 Å². The summed E-state index contributed by atoms with van der Waals surface area (Å²) in [6.07, 6.45) is 3.98. The maximum absolute atomic E-state index is 5.88. The van der Waals surface area contributed by atoms with Crippen molar-refractivity contribution < 1.29 is 9.15 Å². The van der Waals surface area contributed by atoms with E-state index in [1.165, 1.54) is 10.9 Å². The van der Waals surface area contributed by atoms with Crippen LogP contribution >= 0.6 is 0 Å². The van der Waals surface area contributed by atoms with E-state index in [2.05, 4.69) is 19.1 Å². The number of ether oxygens (including phenoxy) is 1. The Morgan fingerprint density at radius 2 is 2.11 bits per heavy atom. The summed E-state index contributed by atoms with van der Waals surface area (Å²) in [5.41, 5.74) is 8.23. The minimum absolute atomic E-state index is 0.111. The fraction of sp³-hybridized carbons (Fsp3) is 0.467. The van der Waals surface area contributed by atoms with Crippen LogP contribution < -0.4 is 5.73 Å². The first-order valence-corrected chi connectivity index (χ1v) is 6.51. The Labute approximate surface area is 107 Å². The fourth-order valence-corrected chi connectivity index (χ4v) is 2.68. The molecule has 3 heteroatoms. The molecule has 1 atom stereocenters. The highest BCUT2D eigenvalue weighted by atomic mass is 16.5. The van der Waals surface area contributed by atoms with Gasteiger partial charge in [-0.25, -0.2) is 0 Å². The molecule has 0 amide bonds. The molecule has 0 aliphatic carbocycles. The van der Waals surface area contributed by atoms with Gasteiger partial charge in [0.05, 0.1) is 19.5 Å². The summed E-state index contributed by atoms with van der Waals surface area (Å²) in [7, 11) is 0. The molecule has 1 saturated heterocycles. The zero-order valence-corrected chi connectivity index (χ0v) is 10.7. The molecule has 0 bridgehead atoms. The fourth-order valence-electron chi connectivity index (χ4n) is 2.68. The molecule has 2 heterocycles. The van der Waals surface area contributed by atoms with E-state index < -0.39 is 0 Å². The summed E-state index contributed by atoms with van der Waals surface area (Å²) >= 11 is 0. The summed E-state index contributed by atoms with van der Waals surface area (Å²) in [6.45, 7) is 3.62. The van der Waals surface area contributed by atoms with Gasteiger partial charge in [0.15, 0.2) is 0 Å². The maximum atomic E-state index is 5.88. The lowest BCUT2D eigenvalue weighted by Gasteiger charge is -2.41.